The molecule has 0 amide bonds. The zero-order valence-corrected chi connectivity index (χ0v) is 13.4. The van der Waals surface area contributed by atoms with Crippen LogP contribution in [0.3, 0.4) is 0 Å². The Bertz CT molecular complexity index is 600. The molecule has 2 N–H and O–H groups in total. The molecule has 0 saturated carbocycles. The van der Waals surface area contributed by atoms with Gasteiger partial charge >= 0.3 is 0 Å². The lowest BCUT2D eigenvalue weighted by molar-refractivity contribution is 0.649. The molecule has 0 bridgehead atoms. The van der Waals surface area contributed by atoms with Gasteiger partial charge in [0.2, 0.25) is 0 Å². The Balaban J connectivity index is 1.64. The van der Waals surface area contributed by atoms with Crippen LogP contribution in [0.5, 0.6) is 0 Å². The number of piperazine rings is 1. The van der Waals surface area contributed by atoms with E-state index in [9.17, 15) is 0 Å². The van der Waals surface area contributed by atoms with Crippen molar-refractivity contribution in [2.45, 2.75) is 19.9 Å². The average molecular weight is 302 g/mol. The molecule has 3 rings (SSSR count). The molecule has 21 heavy (non-hydrogen) atoms. The highest BCUT2D eigenvalue weighted by atomic mass is 32.1. The third-order valence-electron chi connectivity index (χ3n) is 3.89. The standard InChI is InChI=1S/C16H22N4S/c1-12-4-3-5-14(10-12)19-6-8-20(9-7-19)16-18-15(11-21-16)13(2)17/h3-5,10-11,13H,6-9,17H2,1-2H3. The molecule has 112 valence electrons. The second-order valence-corrected chi connectivity index (χ2v) is 6.49. The zero-order chi connectivity index (χ0) is 14.8. The minimum absolute atomic E-state index is 0.0172. The topological polar surface area (TPSA) is 45.4 Å². The van der Waals surface area contributed by atoms with E-state index in [0.29, 0.717) is 0 Å². The van der Waals surface area contributed by atoms with Gasteiger partial charge in [-0.3, -0.25) is 0 Å². The summed E-state index contributed by atoms with van der Waals surface area (Å²) in [6.07, 6.45) is 0. The van der Waals surface area contributed by atoms with Gasteiger partial charge in [-0.25, -0.2) is 4.98 Å². The second kappa shape index (κ2) is 6.03. The van der Waals surface area contributed by atoms with Crippen molar-refractivity contribution in [2.24, 2.45) is 5.73 Å². The van der Waals surface area contributed by atoms with Gasteiger partial charge in [-0.05, 0) is 31.5 Å². The summed E-state index contributed by atoms with van der Waals surface area (Å²) in [5.74, 6) is 0. The monoisotopic (exact) mass is 302 g/mol. The Labute approximate surface area is 130 Å². The van der Waals surface area contributed by atoms with E-state index in [2.05, 4.69) is 51.4 Å². The molecular weight excluding hydrogens is 280 g/mol. The smallest absolute Gasteiger partial charge is 0.185 e. The summed E-state index contributed by atoms with van der Waals surface area (Å²) in [5.41, 5.74) is 9.52. The molecule has 0 spiro atoms. The van der Waals surface area contributed by atoms with E-state index in [1.807, 2.05) is 6.92 Å². The van der Waals surface area contributed by atoms with Crippen LogP contribution >= 0.6 is 11.3 Å². The van der Waals surface area contributed by atoms with Crippen molar-refractivity contribution >= 4 is 22.2 Å². The first-order chi connectivity index (χ1) is 10.1. The van der Waals surface area contributed by atoms with E-state index in [-0.39, 0.29) is 6.04 Å². The highest BCUT2D eigenvalue weighted by Crippen LogP contribution is 2.25. The molecule has 1 unspecified atom stereocenters. The van der Waals surface area contributed by atoms with Crippen molar-refractivity contribution in [1.29, 1.82) is 0 Å². The number of aryl methyl sites for hydroxylation is 1. The lowest BCUT2D eigenvalue weighted by atomic mass is 10.2. The molecule has 1 aromatic heterocycles. The summed E-state index contributed by atoms with van der Waals surface area (Å²) >= 11 is 1.70. The van der Waals surface area contributed by atoms with Crippen LogP contribution in [0.25, 0.3) is 0 Å². The van der Waals surface area contributed by atoms with Gasteiger partial charge in [0.1, 0.15) is 0 Å². The van der Waals surface area contributed by atoms with Gasteiger partial charge in [0.15, 0.2) is 5.13 Å². The van der Waals surface area contributed by atoms with E-state index in [1.54, 1.807) is 11.3 Å². The highest BCUT2D eigenvalue weighted by molar-refractivity contribution is 7.13. The summed E-state index contributed by atoms with van der Waals surface area (Å²) in [6, 6.07) is 8.74. The lowest BCUT2D eigenvalue weighted by Gasteiger charge is -2.36. The maximum absolute atomic E-state index is 5.89. The van der Waals surface area contributed by atoms with Crippen LogP contribution in [-0.4, -0.2) is 31.2 Å². The number of hydrogen-bond donors (Lipinski definition) is 1. The van der Waals surface area contributed by atoms with Crippen molar-refractivity contribution in [2.75, 3.05) is 36.0 Å². The summed E-state index contributed by atoms with van der Waals surface area (Å²) in [7, 11) is 0. The van der Waals surface area contributed by atoms with Crippen LogP contribution in [0.1, 0.15) is 24.2 Å². The highest BCUT2D eigenvalue weighted by Gasteiger charge is 2.20. The molecule has 1 fully saturated rings. The molecule has 1 aliphatic rings. The van der Waals surface area contributed by atoms with Gasteiger partial charge in [0, 0.05) is 43.3 Å². The van der Waals surface area contributed by atoms with E-state index in [0.717, 1.165) is 37.0 Å². The largest absolute Gasteiger partial charge is 0.368 e. The fourth-order valence-corrected chi connectivity index (χ4v) is 3.59. The second-order valence-electron chi connectivity index (χ2n) is 5.66. The molecule has 1 aromatic carbocycles. The molecule has 2 heterocycles. The first-order valence-electron chi connectivity index (χ1n) is 7.41. The SMILES string of the molecule is Cc1cccc(N2CCN(c3nc(C(C)N)cs3)CC2)c1. The minimum atomic E-state index is 0.0172. The van der Waals surface area contributed by atoms with Gasteiger partial charge in [0.25, 0.3) is 0 Å². The zero-order valence-electron chi connectivity index (χ0n) is 12.6. The third-order valence-corrected chi connectivity index (χ3v) is 4.81. The maximum atomic E-state index is 5.89. The lowest BCUT2D eigenvalue weighted by Crippen LogP contribution is -2.46. The maximum Gasteiger partial charge on any atom is 0.185 e. The van der Waals surface area contributed by atoms with Crippen LogP contribution in [0.15, 0.2) is 29.6 Å². The van der Waals surface area contributed by atoms with E-state index in [1.165, 1.54) is 11.3 Å². The van der Waals surface area contributed by atoms with Crippen molar-refractivity contribution < 1.29 is 0 Å². The third kappa shape index (κ3) is 3.19. The van der Waals surface area contributed by atoms with Crippen molar-refractivity contribution in [1.82, 2.24) is 4.98 Å². The first kappa shape index (κ1) is 14.4. The van der Waals surface area contributed by atoms with Gasteiger partial charge in [-0.15, -0.1) is 11.3 Å². The van der Waals surface area contributed by atoms with Crippen molar-refractivity contribution in [3.8, 4) is 0 Å². The number of nitrogens with two attached hydrogens (primary N) is 1. The molecule has 0 aliphatic carbocycles. The number of thiazole rings is 1. The number of nitrogens with zero attached hydrogens (tertiary/aromatic N) is 3. The Hall–Kier alpha value is -1.59. The fourth-order valence-electron chi connectivity index (χ4n) is 2.61. The van der Waals surface area contributed by atoms with Crippen LogP contribution < -0.4 is 15.5 Å². The predicted molar refractivity (Wildman–Crippen MR) is 90.3 cm³/mol. The fraction of sp³-hybridized carbons (Fsp3) is 0.438. The van der Waals surface area contributed by atoms with E-state index >= 15 is 0 Å². The number of benzene rings is 1. The quantitative estimate of drug-likeness (QED) is 0.947. The van der Waals surface area contributed by atoms with E-state index < -0.39 is 0 Å². The summed E-state index contributed by atoms with van der Waals surface area (Å²) < 4.78 is 0. The number of aromatic nitrogens is 1. The first-order valence-corrected chi connectivity index (χ1v) is 8.29. The Morgan fingerprint density at radius 1 is 1.19 bits per heavy atom. The Morgan fingerprint density at radius 3 is 2.52 bits per heavy atom. The van der Waals surface area contributed by atoms with Crippen LogP contribution in [-0.2, 0) is 0 Å². The minimum Gasteiger partial charge on any atom is -0.368 e. The van der Waals surface area contributed by atoms with Gasteiger partial charge in [-0.1, -0.05) is 12.1 Å². The van der Waals surface area contributed by atoms with Gasteiger partial charge in [0.05, 0.1) is 5.69 Å². The van der Waals surface area contributed by atoms with E-state index in [4.69, 9.17) is 5.73 Å². The van der Waals surface area contributed by atoms with Crippen molar-refractivity contribution in [3.63, 3.8) is 0 Å². The molecule has 1 atom stereocenters. The Morgan fingerprint density at radius 2 is 1.90 bits per heavy atom. The van der Waals surface area contributed by atoms with Crippen LogP contribution in [0, 0.1) is 6.92 Å². The summed E-state index contributed by atoms with van der Waals surface area (Å²) in [6.45, 7) is 8.23. The molecule has 2 aromatic rings. The predicted octanol–water partition coefficient (Wildman–Crippen LogP) is 2.80. The molecule has 1 aliphatic heterocycles. The average Bonchev–Trinajstić information content (AvgIpc) is 2.97. The molecule has 1 saturated heterocycles. The summed E-state index contributed by atoms with van der Waals surface area (Å²) in [4.78, 5) is 9.46. The Kier molecular flexibility index (Phi) is 4.12. The van der Waals surface area contributed by atoms with Crippen LogP contribution in [0.4, 0.5) is 10.8 Å². The van der Waals surface area contributed by atoms with Gasteiger partial charge < -0.3 is 15.5 Å². The molecule has 4 nitrogen and oxygen atoms in total. The number of hydrogen-bond acceptors (Lipinski definition) is 5. The number of rotatable bonds is 3. The molecule has 5 heteroatoms. The van der Waals surface area contributed by atoms with Crippen LogP contribution in [0.2, 0.25) is 0 Å². The van der Waals surface area contributed by atoms with Crippen molar-refractivity contribution in [3.05, 3.63) is 40.9 Å². The number of anilines is 2. The summed E-state index contributed by atoms with van der Waals surface area (Å²) in [5, 5.41) is 3.18. The molecular formula is C16H22N4S. The van der Waals surface area contributed by atoms with Gasteiger partial charge in [-0.2, -0.15) is 0 Å². The molecule has 0 radical (unpaired) electrons. The normalized spacial score (nSPS) is 17.1.